The average molecular weight is 378 g/mol. The molecule has 2 aromatic rings. The van der Waals surface area contributed by atoms with E-state index >= 15 is 0 Å². The topological polar surface area (TPSA) is 88.4 Å². The van der Waals surface area contributed by atoms with Crippen LogP contribution >= 0.6 is 0 Å². The van der Waals surface area contributed by atoms with Crippen molar-refractivity contribution in [2.75, 3.05) is 14.2 Å². The molecule has 0 fully saturated rings. The summed E-state index contributed by atoms with van der Waals surface area (Å²) in [5.41, 5.74) is 1.21. The Labute approximate surface area is 161 Å². The molecule has 6 heteroatoms. The van der Waals surface area contributed by atoms with Gasteiger partial charge in [0.2, 0.25) is 0 Å². The Hall–Kier alpha value is -2.60. The zero-order chi connectivity index (χ0) is 20.6. The Balaban J connectivity index is 0.000000855. The number of fused-ring (bicyclic) bond motifs is 1. The van der Waals surface area contributed by atoms with E-state index in [1.54, 1.807) is 18.2 Å². The van der Waals surface area contributed by atoms with Crippen LogP contribution in [-0.4, -0.2) is 35.6 Å². The smallest absolute Gasteiger partial charge is 0.160 e. The van der Waals surface area contributed by atoms with Crippen LogP contribution in [0.1, 0.15) is 44.9 Å². The van der Waals surface area contributed by atoms with Crippen LogP contribution in [0.4, 0.5) is 0 Å². The molecule has 1 aliphatic heterocycles. The molecular weight excluding hydrogens is 348 g/mol. The van der Waals surface area contributed by atoms with Gasteiger partial charge in [0.15, 0.2) is 11.5 Å². The molecule has 3 rings (SSSR count). The monoisotopic (exact) mass is 378 g/mol. The fourth-order valence-electron chi connectivity index (χ4n) is 2.73. The van der Waals surface area contributed by atoms with Crippen molar-refractivity contribution in [1.82, 2.24) is 0 Å². The molecule has 0 amide bonds. The second-order valence-electron chi connectivity index (χ2n) is 5.36. The van der Waals surface area contributed by atoms with Gasteiger partial charge in [0.25, 0.3) is 0 Å². The quantitative estimate of drug-likeness (QED) is 0.742. The van der Waals surface area contributed by atoms with Crippen molar-refractivity contribution < 1.29 is 29.5 Å². The van der Waals surface area contributed by atoms with Gasteiger partial charge in [-0.25, -0.2) is 0 Å². The fourth-order valence-corrected chi connectivity index (χ4v) is 2.73. The summed E-state index contributed by atoms with van der Waals surface area (Å²) >= 11 is 0. The number of phenols is 2. The molecule has 6 nitrogen and oxygen atoms in total. The van der Waals surface area contributed by atoms with E-state index in [9.17, 15) is 15.3 Å². The SMILES string of the molecule is CC.CC.COc1cc(O)c2c(c1)O[C@H](c1ccc(O)c(OC)c1)[C@H](O)C2. The van der Waals surface area contributed by atoms with E-state index in [-0.39, 0.29) is 17.9 Å². The largest absolute Gasteiger partial charge is 0.507 e. The summed E-state index contributed by atoms with van der Waals surface area (Å²) in [4.78, 5) is 0. The van der Waals surface area contributed by atoms with E-state index in [0.717, 1.165) is 0 Å². The zero-order valence-corrected chi connectivity index (χ0v) is 16.8. The molecule has 1 heterocycles. The number of aliphatic hydroxyl groups is 1. The number of benzene rings is 2. The van der Waals surface area contributed by atoms with Gasteiger partial charge in [-0.3, -0.25) is 0 Å². The van der Waals surface area contributed by atoms with Gasteiger partial charge in [-0.15, -0.1) is 0 Å². The van der Waals surface area contributed by atoms with Gasteiger partial charge in [-0.2, -0.15) is 0 Å². The Morgan fingerprint density at radius 2 is 1.59 bits per heavy atom. The van der Waals surface area contributed by atoms with Gasteiger partial charge < -0.3 is 29.5 Å². The Kier molecular flexibility index (Phi) is 8.75. The molecule has 0 bridgehead atoms. The lowest BCUT2D eigenvalue weighted by molar-refractivity contribution is 0.0197. The number of aliphatic hydroxyl groups excluding tert-OH is 1. The number of hydrogen-bond donors (Lipinski definition) is 3. The highest BCUT2D eigenvalue weighted by Gasteiger charge is 2.32. The maximum Gasteiger partial charge on any atom is 0.160 e. The summed E-state index contributed by atoms with van der Waals surface area (Å²) < 4.78 is 16.1. The van der Waals surface area contributed by atoms with E-state index in [1.165, 1.54) is 26.4 Å². The van der Waals surface area contributed by atoms with Crippen molar-refractivity contribution in [3.8, 4) is 28.7 Å². The van der Waals surface area contributed by atoms with E-state index < -0.39 is 12.2 Å². The minimum Gasteiger partial charge on any atom is -0.507 e. The Morgan fingerprint density at radius 3 is 2.19 bits per heavy atom. The van der Waals surface area contributed by atoms with Crippen molar-refractivity contribution in [3.05, 3.63) is 41.5 Å². The molecule has 150 valence electrons. The van der Waals surface area contributed by atoms with Crippen molar-refractivity contribution >= 4 is 0 Å². The van der Waals surface area contributed by atoms with Gasteiger partial charge in [0, 0.05) is 24.1 Å². The minimum absolute atomic E-state index is 0.0151. The lowest BCUT2D eigenvalue weighted by Gasteiger charge is -2.31. The lowest BCUT2D eigenvalue weighted by Crippen LogP contribution is -2.30. The number of hydrogen-bond acceptors (Lipinski definition) is 6. The molecule has 27 heavy (non-hydrogen) atoms. The molecule has 2 atom stereocenters. The maximum absolute atomic E-state index is 10.4. The molecule has 2 aromatic carbocycles. The van der Waals surface area contributed by atoms with Gasteiger partial charge in [0.05, 0.1) is 20.3 Å². The van der Waals surface area contributed by atoms with Crippen LogP contribution in [0.25, 0.3) is 0 Å². The van der Waals surface area contributed by atoms with Gasteiger partial charge >= 0.3 is 0 Å². The standard InChI is InChI=1S/C17H18O6.2C2H6/c1-21-10-6-13(19)11-8-14(20)17(23-15(11)7-10)9-3-4-12(18)16(5-9)22-2;2*1-2/h3-7,14,17-20H,8H2,1-2H3;2*1-2H3/t14-,17-;;/m1../s1. The highest BCUT2D eigenvalue weighted by Crippen LogP contribution is 2.43. The molecule has 0 unspecified atom stereocenters. The normalized spacial score (nSPS) is 17.1. The Morgan fingerprint density at radius 1 is 0.926 bits per heavy atom. The van der Waals surface area contributed by atoms with Crippen LogP contribution in [0.2, 0.25) is 0 Å². The third kappa shape index (κ3) is 4.98. The Bertz CT molecular complexity index is 729. The van der Waals surface area contributed by atoms with Gasteiger partial charge in [-0.1, -0.05) is 33.8 Å². The van der Waals surface area contributed by atoms with Crippen LogP contribution in [0.15, 0.2) is 30.3 Å². The first kappa shape index (κ1) is 22.4. The predicted octanol–water partition coefficient (Wildman–Crippen LogP) is 4.20. The van der Waals surface area contributed by atoms with Crippen LogP contribution in [-0.2, 0) is 6.42 Å². The van der Waals surface area contributed by atoms with E-state index in [2.05, 4.69) is 0 Å². The highest BCUT2D eigenvalue weighted by atomic mass is 16.5. The predicted molar refractivity (Wildman–Crippen MR) is 105 cm³/mol. The lowest BCUT2D eigenvalue weighted by atomic mass is 9.94. The second kappa shape index (κ2) is 10.5. The van der Waals surface area contributed by atoms with Crippen LogP contribution in [0, 0.1) is 0 Å². The summed E-state index contributed by atoms with van der Waals surface area (Å²) in [5.74, 6) is 1.28. The maximum atomic E-state index is 10.4. The number of phenolic OH excluding ortho intramolecular Hbond substituents is 2. The van der Waals surface area contributed by atoms with Crippen molar-refractivity contribution in [1.29, 1.82) is 0 Å². The van der Waals surface area contributed by atoms with Crippen LogP contribution in [0.3, 0.4) is 0 Å². The van der Waals surface area contributed by atoms with Gasteiger partial charge in [-0.05, 0) is 17.7 Å². The molecule has 1 aliphatic rings. The number of methoxy groups -OCH3 is 2. The van der Waals surface area contributed by atoms with Crippen LogP contribution in [0.5, 0.6) is 28.7 Å². The number of ether oxygens (including phenoxy) is 3. The molecule has 0 aliphatic carbocycles. The fraction of sp³-hybridized carbons (Fsp3) is 0.429. The first-order valence-corrected chi connectivity index (χ1v) is 9.15. The van der Waals surface area contributed by atoms with E-state index in [0.29, 0.717) is 28.4 Å². The molecule has 0 aromatic heterocycles. The third-order valence-corrected chi connectivity index (χ3v) is 3.94. The molecule has 0 spiro atoms. The molecule has 3 N–H and O–H groups in total. The van der Waals surface area contributed by atoms with Crippen molar-refractivity contribution in [2.24, 2.45) is 0 Å². The first-order valence-electron chi connectivity index (χ1n) is 9.15. The van der Waals surface area contributed by atoms with Gasteiger partial charge in [0.1, 0.15) is 23.4 Å². The summed E-state index contributed by atoms with van der Waals surface area (Å²) in [6, 6.07) is 7.93. The van der Waals surface area contributed by atoms with Crippen molar-refractivity contribution in [2.45, 2.75) is 46.3 Å². The average Bonchev–Trinajstić information content (AvgIpc) is 2.71. The molecule has 0 saturated carbocycles. The van der Waals surface area contributed by atoms with E-state index in [4.69, 9.17) is 14.2 Å². The summed E-state index contributed by atoms with van der Waals surface area (Å²) in [6.45, 7) is 8.00. The molecular formula is C21H30O6. The van der Waals surface area contributed by atoms with Crippen LogP contribution < -0.4 is 14.2 Å². The minimum atomic E-state index is -0.837. The summed E-state index contributed by atoms with van der Waals surface area (Å²) in [6.07, 6.45) is -1.22. The summed E-state index contributed by atoms with van der Waals surface area (Å²) in [7, 11) is 2.95. The first-order chi connectivity index (χ1) is 13.0. The van der Waals surface area contributed by atoms with Crippen molar-refractivity contribution in [3.63, 3.8) is 0 Å². The van der Waals surface area contributed by atoms with E-state index in [1.807, 2.05) is 27.7 Å². The molecule has 0 radical (unpaired) electrons. The molecule has 0 saturated heterocycles. The number of rotatable bonds is 3. The summed E-state index contributed by atoms with van der Waals surface area (Å²) in [5, 5.41) is 30.1. The number of aromatic hydroxyl groups is 2. The zero-order valence-electron chi connectivity index (χ0n) is 16.8. The highest BCUT2D eigenvalue weighted by molar-refractivity contribution is 5.52. The second-order valence-corrected chi connectivity index (χ2v) is 5.36. The third-order valence-electron chi connectivity index (χ3n) is 3.94.